The summed E-state index contributed by atoms with van der Waals surface area (Å²) >= 11 is 0. The van der Waals surface area contributed by atoms with E-state index in [-0.39, 0.29) is 18.8 Å². The van der Waals surface area contributed by atoms with Crippen molar-refractivity contribution in [2.75, 3.05) is 6.54 Å². The zero-order valence-electron chi connectivity index (χ0n) is 5.56. The molecule has 0 atom stereocenters. The van der Waals surface area contributed by atoms with Crippen LogP contribution in [0.25, 0.3) is 0 Å². The van der Waals surface area contributed by atoms with Crippen molar-refractivity contribution < 1.29 is 12.9 Å². The highest BCUT2D eigenvalue weighted by Crippen LogP contribution is 2.46. The molecule has 2 N–H and O–H groups in total. The SMILES string of the molecule is NCC1CC([B-](F)(F)F)C1. The molecule has 1 nitrogen and oxygen atoms in total. The van der Waals surface area contributed by atoms with Gasteiger partial charge in [0.05, 0.1) is 0 Å². The van der Waals surface area contributed by atoms with E-state index in [9.17, 15) is 12.9 Å². The monoisotopic (exact) mass is 152 g/mol. The van der Waals surface area contributed by atoms with Crippen molar-refractivity contribution >= 4 is 6.98 Å². The molecule has 0 spiro atoms. The topological polar surface area (TPSA) is 26.0 Å². The van der Waals surface area contributed by atoms with E-state index < -0.39 is 12.8 Å². The lowest BCUT2D eigenvalue weighted by Gasteiger charge is -2.40. The van der Waals surface area contributed by atoms with Crippen molar-refractivity contribution in [1.82, 2.24) is 0 Å². The van der Waals surface area contributed by atoms with E-state index >= 15 is 0 Å². The van der Waals surface area contributed by atoms with Gasteiger partial charge >= 0.3 is 6.98 Å². The van der Waals surface area contributed by atoms with Crippen LogP contribution in [-0.2, 0) is 0 Å². The van der Waals surface area contributed by atoms with E-state index in [1.54, 1.807) is 0 Å². The Hall–Kier alpha value is -0.185. The fraction of sp³-hybridized carbons (Fsp3) is 1.00. The fourth-order valence-electron chi connectivity index (χ4n) is 1.29. The van der Waals surface area contributed by atoms with E-state index in [1.165, 1.54) is 0 Å². The molecule has 0 saturated heterocycles. The van der Waals surface area contributed by atoms with Crippen molar-refractivity contribution in [2.24, 2.45) is 11.7 Å². The Kier molecular flexibility index (Phi) is 1.94. The third-order valence-electron chi connectivity index (χ3n) is 2.14. The van der Waals surface area contributed by atoms with Gasteiger partial charge in [-0.05, 0) is 12.5 Å². The van der Waals surface area contributed by atoms with Gasteiger partial charge in [-0.25, -0.2) is 0 Å². The third-order valence-corrected chi connectivity index (χ3v) is 2.14. The Labute approximate surface area is 57.8 Å². The summed E-state index contributed by atoms with van der Waals surface area (Å²) in [6.45, 7) is -4.16. The minimum atomic E-state index is -4.57. The number of hydrogen-bond donors (Lipinski definition) is 1. The highest BCUT2D eigenvalue weighted by Gasteiger charge is 2.42. The highest BCUT2D eigenvalue weighted by atomic mass is 19.4. The van der Waals surface area contributed by atoms with Crippen molar-refractivity contribution in [3.05, 3.63) is 0 Å². The molecule has 0 heterocycles. The van der Waals surface area contributed by atoms with Crippen molar-refractivity contribution in [1.29, 1.82) is 0 Å². The average Bonchev–Trinajstić information content (AvgIpc) is 1.57. The van der Waals surface area contributed by atoms with Crippen LogP contribution in [0.5, 0.6) is 0 Å². The summed E-state index contributed by atoms with van der Waals surface area (Å²) in [5, 5.41) is 0. The van der Waals surface area contributed by atoms with E-state index in [1.807, 2.05) is 0 Å². The van der Waals surface area contributed by atoms with Gasteiger partial charge in [-0.2, -0.15) is 0 Å². The molecule has 0 aromatic heterocycles. The summed E-state index contributed by atoms with van der Waals surface area (Å²) in [4.78, 5) is 0. The maximum absolute atomic E-state index is 11.8. The molecule has 10 heavy (non-hydrogen) atoms. The molecule has 0 radical (unpaired) electrons. The Morgan fingerprint density at radius 1 is 1.30 bits per heavy atom. The van der Waals surface area contributed by atoms with Crippen molar-refractivity contribution in [2.45, 2.75) is 18.7 Å². The molecule has 0 bridgehead atoms. The minimum absolute atomic E-state index is 0.133. The second kappa shape index (κ2) is 2.45. The van der Waals surface area contributed by atoms with Crippen LogP contribution in [-0.4, -0.2) is 13.5 Å². The van der Waals surface area contributed by atoms with Gasteiger partial charge in [0.15, 0.2) is 0 Å². The second-order valence-corrected chi connectivity index (χ2v) is 2.96. The van der Waals surface area contributed by atoms with Gasteiger partial charge in [-0.1, -0.05) is 18.7 Å². The molecule has 5 heteroatoms. The van der Waals surface area contributed by atoms with Gasteiger partial charge in [-0.3, -0.25) is 0 Å². The molecule has 1 fully saturated rings. The summed E-state index contributed by atoms with van der Waals surface area (Å²) in [6.07, 6.45) is 0.528. The van der Waals surface area contributed by atoms with Crippen molar-refractivity contribution in [3.8, 4) is 0 Å². The lowest BCUT2D eigenvalue weighted by Crippen LogP contribution is -2.37. The average molecular weight is 152 g/mol. The molecule has 0 aromatic carbocycles. The van der Waals surface area contributed by atoms with Gasteiger partial charge in [0.1, 0.15) is 0 Å². The van der Waals surface area contributed by atoms with Crippen LogP contribution in [0.1, 0.15) is 12.8 Å². The fourth-order valence-corrected chi connectivity index (χ4v) is 1.29. The van der Waals surface area contributed by atoms with Crippen LogP contribution in [0.15, 0.2) is 0 Å². The smallest absolute Gasteiger partial charge is 0.449 e. The number of nitrogens with two attached hydrogens (primary N) is 1. The predicted molar refractivity (Wildman–Crippen MR) is 34.6 cm³/mol. The summed E-state index contributed by atoms with van der Waals surface area (Å²) in [6, 6.07) is 0. The van der Waals surface area contributed by atoms with E-state index in [0.29, 0.717) is 6.54 Å². The molecule has 1 aliphatic carbocycles. The Morgan fingerprint density at radius 3 is 2.10 bits per heavy atom. The molecule has 1 saturated carbocycles. The van der Waals surface area contributed by atoms with Crippen LogP contribution in [0.3, 0.4) is 0 Å². The van der Waals surface area contributed by atoms with Crippen LogP contribution in [0, 0.1) is 5.92 Å². The molecule has 1 aliphatic rings. The molecular weight excluding hydrogens is 142 g/mol. The summed E-state index contributed by atoms with van der Waals surface area (Å²) in [7, 11) is 0. The first-order valence-corrected chi connectivity index (χ1v) is 3.44. The number of halogens is 3. The van der Waals surface area contributed by atoms with Crippen molar-refractivity contribution in [3.63, 3.8) is 0 Å². The van der Waals surface area contributed by atoms with Crippen LogP contribution in [0.4, 0.5) is 12.9 Å². The van der Waals surface area contributed by atoms with Crippen LogP contribution < -0.4 is 5.73 Å². The molecule has 0 unspecified atom stereocenters. The number of rotatable bonds is 2. The van der Waals surface area contributed by atoms with Gasteiger partial charge in [0, 0.05) is 0 Å². The quantitative estimate of drug-likeness (QED) is 0.597. The largest absolute Gasteiger partial charge is 0.481 e. The van der Waals surface area contributed by atoms with Crippen LogP contribution >= 0.6 is 0 Å². The maximum atomic E-state index is 11.8. The molecule has 0 aromatic rings. The van der Waals surface area contributed by atoms with E-state index in [2.05, 4.69) is 0 Å². The van der Waals surface area contributed by atoms with E-state index in [4.69, 9.17) is 5.73 Å². The summed E-state index contributed by atoms with van der Waals surface area (Å²) < 4.78 is 35.5. The molecule has 0 amide bonds. The van der Waals surface area contributed by atoms with Crippen LogP contribution in [0.2, 0.25) is 5.82 Å². The zero-order chi connectivity index (χ0) is 7.78. The number of hydrogen-bond acceptors (Lipinski definition) is 1. The first-order chi connectivity index (χ1) is 4.54. The second-order valence-electron chi connectivity index (χ2n) is 2.96. The Morgan fingerprint density at radius 2 is 1.80 bits per heavy atom. The predicted octanol–water partition coefficient (Wildman–Crippen LogP) is 1.57. The summed E-state index contributed by atoms with van der Waals surface area (Å²) in [5.41, 5.74) is 5.18. The highest BCUT2D eigenvalue weighted by molar-refractivity contribution is 6.60. The maximum Gasteiger partial charge on any atom is 0.481 e. The summed E-state index contributed by atoms with van der Waals surface area (Å²) in [5.74, 6) is -0.873. The normalized spacial score (nSPS) is 33.6. The van der Waals surface area contributed by atoms with Gasteiger partial charge in [0.2, 0.25) is 0 Å². The van der Waals surface area contributed by atoms with Gasteiger partial charge in [-0.15, -0.1) is 0 Å². The first kappa shape index (κ1) is 7.92. The molecule has 0 aliphatic heterocycles. The lowest BCUT2D eigenvalue weighted by molar-refractivity contribution is 0.263. The Balaban J connectivity index is 2.26. The lowest BCUT2D eigenvalue weighted by atomic mass is 9.56. The van der Waals surface area contributed by atoms with Gasteiger partial charge in [0.25, 0.3) is 0 Å². The standard InChI is InChI=1S/C5H10BF3N/c7-6(8,9)5-1-4(2-5)3-10/h4-5H,1-3,10H2/q-1. The molecular formula is C5H10BF3N-. The minimum Gasteiger partial charge on any atom is -0.449 e. The van der Waals surface area contributed by atoms with Gasteiger partial charge < -0.3 is 18.7 Å². The molecule has 1 rings (SSSR count). The zero-order valence-corrected chi connectivity index (χ0v) is 5.56. The van der Waals surface area contributed by atoms with E-state index in [0.717, 1.165) is 0 Å². The third kappa shape index (κ3) is 1.45. The molecule has 60 valence electrons. The first-order valence-electron chi connectivity index (χ1n) is 3.44. The Bertz CT molecular complexity index is 119.